The lowest BCUT2D eigenvalue weighted by Gasteiger charge is -2.33. The van der Waals surface area contributed by atoms with Crippen LogP contribution < -0.4 is 0 Å². The van der Waals surface area contributed by atoms with Crippen LogP contribution in [0, 0.1) is 11.7 Å². The van der Waals surface area contributed by atoms with Gasteiger partial charge in [-0.2, -0.15) is 0 Å². The van der Waals surface area contributed by atoms with Crippen molar-refractivity contribution in [2.45, 2.75) is 32.9 Å². The number of amides is 1. The summed E-state index contributed by atoms with van der Waals surface area (Å²) in [6, 6.07) is 26.3. The van der Waals surface area contributed by atoms with Gasteiger partial charge in [-0.25, -0.2) is 4.39 Å². The molecule has 28 heavy (non-hydrogen) atoms. The monoisotopic (exact) mass is 375 g/mol. The van der Waals surface area contributed by atoms with E-state index in [2.05, 4.69) is 24.3 Å². The molecule has 0 heterocycles. The van der Waals surface area contributed by atoms with Crippen molar-refractivity contribution in [3.8, 4) is 0 Å². The third-order valence-corrected chi connectivity index (χ3v) is 4.71. The Morgan fingerprint density at radius 1 is 0.821 bits per heavy atom. The molecule has 0 bridgehead atoms. The van der Waals surface area contributed by atoms with Gasteiger partial charge in [0.15, 0.2) is 0 Å². The highest BCUT2D eigenvalue weighted by molar-refractivity contribution is 5.77. The van der Waals surface area contributed by atoms with Crippen LogP contribution in [0.15, 0.2) is 84.9 Å². The molecule has 0 aliphatic carbocycles. The molecule has 3 aromatic rings. The van der Waals surface area contributed by atoms with Crippen molar-refractivity contribution in [2.24, 2.45) is 5.92 Å². The molecule has 0 radical (unpaired) electrons. The van der Waals surface area contributed by atoms with Gasteiger partial charge in [-0.05, 0) is 34.7 Å². The first kappa shape index (κ1) is 19.8. The fraction of sp³-hybridized carbons (Fsp3) is 0.240. The molecule has 0 atom stereocenters. The van der Waals surface area contributed by atoms with Crippen molar-refractivity contribution in [1.29, 1.82) is 0 Å². The van der Waals surface area contributed by atoms with E-state index in [1.165, 1.54) is 12.1 Å². The first-order valence-corrected chi connectivity index (χ1v) is 9.68. The molecule has 0 aromatic heterocycles. The summed E-state index contributed by atoms with van der Waals surface area (Å²) in [5, 5.41) is 0. The minimum Gasteiger partial charge on any atom is -0.327 e. The van der Waals surface area contributed by atoms with E-state index in [1.807, 2.05) is 55.1 Å². The molecule has 0 N–H and O–H groups in total. The first-order valence-electron chi connectivity index (χ1n) is 9.68. The van der Waals surface area contributed by atoms with Gasteiger partial charge in [0.1, 0.15) is 5.82 Å². The van der Waals surface area contributed by atoms with Crippen molar-refractivity contribution >= 4 is 5.91 Å². The van der Waals surface area contributed by atoms with Crippen molar-refractivity contribution in [3.63, 3.8) is 0 Å². The molecule has 0 spiro atoms. The summed E-state index contributed by atoms with van der Waals surface area (Å²) in [4.78, 5) is 15.2. The standard InChI is InChI=1S/C25H26FNO/c1-19(2)17-24(28)27(18-20-13-15-23(26)16-14-20)25(21-9-5-3-6-10-21)22-11-7-4-8-12-22/h3-16,19,25H,17-18H2,1-2H3. The van der Waals surface area contributed by atoms with Gasteiger partial charge in [-0.3, -0.25) is 4.79 Å². The summed E-state index contributed by atoms with van der Waals surface area (Å²) in [6.07, 6.45) is 0.470. The summed E-state index contributed by atoms with van der Waals surface area (Å²) in [5.41, 5.74) is 3.04. The maximum absolute atomic E-state index is 13.4. The molecule has 3 heteroatoms. The number of halogens is 1. The van der Waals surface area contributed by atoms with Crippen molar-refractivity contribution in [2.75, 3.05) is 0 Å². The fourth-order valence-electron chi connectivity index (χ4n) is 3.40. The number of benzene rings is 3. The van der Waals surface area contributed by atoms with E-state index in [-0.39, 0.29) is 23.7 Å². The quantitative estimate of drug-likeness (QED) is 0.497. The Hall–Kier alpha value is -2.94. The second kappa shape index (κ2) is 9.32. The third kappa shape index (κ3) is 5.07. The average molecular weight is 375 g/mol. The third-order valence-electron chi connectivity index (χ3n) is 4.71. The Labute approximate surface area is 166 Å². The zero-order valence-electron chi connectivity index (χ0n) is 16.4. The average Bonchev–Trinajstić information content (AvgIpc) is 2.70. The predicted octanol–water partition coefficient (Wildman–Crippen LogP) is 5.99. The molecular formula is C25H26FNO. The number of nitrogens with zero attached hydrogens (tertiary/aromatic N) is 1. The van der Waals surface area contributed by atoms with Gasteiger partial charge in [-0.15, -0.1) is 0 Å². The van der Waals surface area contributed by atoms with E-state index in [9.17, 15) is 9.18 Å². The second-order valence-electron chi connectivity index (χ2n) is 7.47. The van der Waals surface area contributed by atoms with Crippen LogP contribution in [0.4, 0.5) is 4.39 Å². The Bertz CT molecular complexity index is 836. The first-order chi connectivity index (χ1) is 13.5. The maximum atomic E-state index is 13.4. The zero-order valence-corrected chi connectivity index (χ0v) is 16.4. The largest absolute Gasteiger partial charge is 0.327 e. The van der Waals surface area contributed by atoms with Crippen LogP contribution in [0.3, 0.4) is 0 Å². The molecule has 144 valence electrons. The summed E-state index contributed by atoms with van der Waals surface area (Å²) < 4.78 is 13.4. The fourth-order valence-corrected chi connectivity index (χ4v) is 3.40. The van der Waals surface area contributed by atoms with Gasteiger partial charge >= 0.3 is 0 Å². The Kier molecular flexibility index (Phi) is 6.59. The van der Waals surface area contributed by atoms with Crippen LogP contribution in [0.25, 0.3) is 0 Å². The normalized spacial score (nSPS) is 11.0. The van der Waals surface area contributed by atoms with E-state index in [0.29, 0.717) is 13.0 Å². The summed E-state index contributed by atoms with van der Waals surface area (Å²) in [7, 11) is 0. The molecule has 0 fully saturated rings. The summed E-state index contributed by atoms with van der Waals surface area (Å²) >= 11 is 0. The molecule has 2 nitrogen and oxygen atoms in total. The van der Waals surface area contributed by atoms with E-state index >= 15 is 0 Å². The van der Waals surface area contributed by atoms with E-state index in [0.717, 1.165) is 16.7 Å². The SMILES string of the molecule is CC(C)CC(=O)N(Cc1ccc(F)cc1)C(c1ccccc1)c1ccccc1. The highest BCUT2D eigenvalue weighted by Gasteiger charge is 2.27. The number of rotatable bonds is 7. The Morgan fingerprint density at radius 2 is 1.32 bits per heavy atom. The van der Waals surface area contributed by atoms with Crippen molar-refractivity contribution in [1.82, 2.24) is 4.90 Å². The van der Waals surface area contributed by atoms with Crippen LogP contribution in [-0.4, -0.2) is 10.8 Å². The minimum atomic E-state index is -0.272. The van der Waals surface area contributed by atoms with Crippen molar-refractivity contribution < 1.29 is 9.18 Å². The highest BCUT2D eigenvalue weighted by atomic mass is 19.1. The molecule has 3 rings (SSSR count). The van der Waals surface area contributed by atoms with Gasteiger partial charge in [0.05, 0.1) is 6.04 Å². The number of carbonyl (C=O) groups excluding carboxylic acids is 1. The van der Waals surface area contributed by atoms with Gasteiger partial charge < -0.3 is 4.90 Å². The van der Waals surface area contributed by atoms with E-state index in [4.69, 9.17) is 0 Å². The topological polar surface area (TPSA) is 20.3 Å². The van der Waals surface area contributed by atoms with E-state index in [1.54, 1.807) is 12.1 Å². The number of hydrogen-bond donors (Lipinski definition) is 0. The highest BCUT2D eigenvalue weighted by Crippen LogP contribution is 2.31. The Balaban J connectivity index is 2.04. The van der Waals surface area contributed by atoms with Crippen LogP contribution in [0.1, 0.15) is 43.0 Å². The molecule has 0 aliphatic rings. The molecule has 0 unspecified atom stereocenters. The minimum absolute atomic E-state index is 0.0945. The van der Waals surface area contributed by atoms with Gasteiger partial charge in [0, 0.05) is 13.0 Å². The Morgan fingerprint density at radius 3 is 1.79 bits per heavy atom. The van der Waals surface area contributed by atoms with Gasteiger partial charge in [0.2, 0.25) is 5.91 Å². The summed E-state index contributed by atoms with van der Waals surface area (Å²) in [6.45, 7) is 4.53. The molecule has 0 saturated carbocycles. The predicted molar refractivity (Wildman–Crippen MR) is 111 cm³/mol. The lowest BCUT2D eigenvalue weighted by molar-refractivity contribution is -0.134. The number of hydrogen-bond acceptors (Lipinski definition) is 1. The van der Waals surface area contributed by atoms with Crippen LogP contribution in [0.2, 0.25) is 0 Å². The number of carbonyl (C=O) groups is 1. The van der Waals surface area contributed by atoms with E-state index < -0.39 is 0 Å². The molecule has 0 aliphatic heterocycles. The summed E-state index contributed by atoms with van der Waals surface area (Å²) in [5.74, 6) is 0.0823. The molecule has 1 amide bonds. The van der Waals surface area contributed by atoms with Gasteiger partial charge in [0.25, 0.3) is 0 Å². The molecule has 0 saturated heterocycles. The second-order valence-corrected chi connectivity index (χ2v) is 7.47. The van der Waals surface area contributed by atoms with Crippen molar-refractivity contribution in [3.05, 3.63) is 107 Å². The molecule has 3 aromatic carbocycles. The zero-order chi connectivity index (χ0) is 19.9. The van der Waals surface area contributed by atoms with Gasteiger partial charge in [-0.1, -0.05) is 86.6 Å². The lowest BCUT2D eigenvalue weighted by atomic mass is 9.95. The van der Waals surface area contributed by atoms with Crippen LogP contribution in [-0.2, 0) is 11.3 Å². The van der Waals surface area contributed by atoms with Crippen LogP contribution >= 0.6 is 0 Å². The lowest BCUT2D eigenvalue weighted by Crippen LogP contribution is -2.35. The smallest absolute Gasteiger partial charge is 0.223 e. The molecular weight excluding hydrogens is 349 g/mol. The van der Waals surface area contributed by atoms with Crippen LogP contribution in [0.5, 0.6) is 0 Å². The maximum Gasteiger partial charge on any atom is 0.223 e.